The van der Waals surface area contributed by atoms with Crippen molar-refractivity contribution < 1.29 is 4.92 Å². The molecule has 0 saturated carbocycles. The van der Waals surface area contributed by atoms with Crippen molar-refractivity contribution in [2.75, 3.05) is 0 Å². The Hall–Kier alpha value is -1.46. The van der Waals surface area contributed by atoms with Crippen LogP contribution in [0, 0.1) is 10.1 Å². The molecule has 1 aromatic heterocycles. The summed E-state index contributed by atoms with van der Waals surface area (Å²) in [5.74, 6) is -0.196. The second kappa shape index (κ2) is 3.09. The number of rotatable bonds is 3. The van der Waals surface area contributed by atoms with Gasteiger partial charge in [-0.05, 0) is 11.3 Å². The largest absolute Gasteiger partial charge is 0.410 e. The molecule has 0 aliphatic carbocycles. The Balaban J connectivity index is 2.73. The molecule has 0 aliphatic heterocycles. The van der Waals surface area contributed by atoms with Crippen LogP contribution in [0.25, 0.3) is 0 Å². The van der Waals surface area contributed by atoms with E-state index < -0.39 is 4.92 Å². The van der Waals surface area contributed by atoms with Gasteiger partial charge in [-0.2, -0.15) is 0 Å². The van der Waals surface area contributed by atoms with Gasteiger partial charge >= 0.3 is 5.82 Å². The van der Waals surface area contributed by atoms with Crippen molar-refractivity contribution in [3.05, 3.63) is 16.3 Å². The van der Waals surface area contributed by atoms with Crippen LogP contribution in [0.4, 0.5) is 5.82 Å². The van der Waals surface area contributed by atoms with Crippen molar-refractivity contribution >= 4 is 5.82 Å². The lowest BCUT2D eigenvalue weighted by Crippen LogP contribution is -2.01. The fourth-order valence-electron chi connectivity index (χ4n) is 0.680. The number of nitrogens with zero attached hydrogens (tertiary/aromatic N) is 4. The second-order valence-electron chi connectivity index (χ2n) is 2.06. The van der Waals surface area contributed by atoms with Crippen LogP contribution >= 0.6 is 0 Å². The first-order valence-electron chi connectivity index (χ1n) is 3.28. The van der Waals surface area contributed by atoms with Gasteiger partial charge in [0.2, 0.25) is 0 Å². The van der Waals surface area contributed by atoms with E-state index >= 15 is 0 Å². The third kappa shape index (κ3) is 1.73. The summed E-state index contributed by atoms with van der Waals surface area (Å²) in [5, 5.41) is 17.4. The van der Waals surface area contributed by atoms with Crippen molar-refractivity contribution in [1.82, 2.24) is 15.0 Å². The van der Waals surface area contributed by atoms with Crippen molar-refractivity contribution in [3.8, 4) is 0 Å². The zero-order chi connectivity index (χ0) is 8.27. The van der Waals surface area contributed by atoms with Gasteiger partial charge in [0.25, 0.3) is 0 Å². The molecule has 0 fully saturated rings. The monoisotopic (exact) mass is 156 g/mol. The molecular weight excluding hydrogens is 148 g/mol. The lowest BCUT2D eigenvalue weighted by molar-refractivity contribution is -0.389. The van der Waals surface area contributed by atoms with Gasteiger partial charge in [-0.15, -0.1) is 5.10 Å². The molecule has 1 rings (SSSR count). The van der Waals surface area contributed by atoms with E-state index in [2.05, 4.69) is 10.2 Å². The van der Waals surface area contributed by atoms with Crippen LogP contribution in [0.15, 0.2) is 6.20 Å². The van der Waals surface area contributed by atoms with Gasteiger partial charge < -0.3 is 10.1 Å². The smallest absolute Gasteiger partial charge is 0.358 e. The summed E-state index contributed by atoms with van der Waals surface area (Å²) in [6, 6.07) is 0. The van der Waals surface area contributed by atoms with Gasteiger partial charge in [0.1, 0.15) is 0 Å². The molecule has 1 heterocycles. The maximum Gasteiger partial charge on any atom is 0.410 e. The van der Waals surface area contributed by atoms with Crippen LogP contribution < -0.4 is 0 Å². The molecule has 0 saturated heterocycles. The van der Waals surface area contributed by atoms with Crippen LogP contribution in [0.2, 0.25) is 0 Å². The third-order valence-corrected chi connectivity index (χ3v) is 1.14. The minimum Gasteiger partial charge on any atom is -0.358 e. The first-order valence-corrected chi connectivity index (χ1v) is 3.28. The summed E-state index contributed by atoms with van der Waals surface area (Å²) in [4.78, 5) is 10.9. The molecule has 0 atom stereocenters. The zero-order valence-corrected chi connectivity index (χ0v) is 6.10. The molecule has 0 bridgehead atoms. The molecule has 60 valence electrons. The van der Waals surface area contributed by atoms with E-state index in [-0.39, 0.29) is 5.82 Å². The highest BCUT2D eigenvalue weighted by Crippen LogP contribution is 2.01. The lowest BCUT2D eigenvalue weighted by atomic mass is 10.5. The standard InChI is InChI=1S/C5H8N4O2/c1-2-3-8-6-4-5(7-8)9(10)11/h4H,2-3H2,1H3. The maximum atomic E-state index is 10.1. The summed E-state index contributed by atoms with van der Waals surface area (Å²) < 4.78 is 0. The molecule has 0 spiro atoms. The average Bonchev–Trinajstić information content (AvgIpc) is 2.37. The minimum atomic E-state index is -0.556. The number of hydrogen-bond acceptors (Lipinski definition) is 4. The summed E-state index contributed by atoms with van der Waals surface area (Å²) in [7, 11) is 0. The van der Waals surface area contributed by atoms with Crippen LogP contribution in [0.5, 0.6) is 0 Å². The van der Waals surface area contributed by atoms with E-state index in [9.17, 15) is 10.1 Å². The molecule has 0 amide bonds. The van der Waals surface area contributed by atoms with Crippen molar-refractivity contribution in [3.63, 3.8) is 0 Å². The van der Waals surface area contributed by atoms with Crippen LogP contribution in [-0.4, -0.2) is 19.9 Å². The molecule has 6 nitrogen and oxygen atoms in total. The first-order chi connectivity index (χ1) is 5.24. The zero-order valence-electron chi connectivity index (χ0n) is 6.10. The highest BCUT2D eigenvalue weighted by atomic mass is 16.6. The van der Waals surface area contributed by atoms with Gasteiger partial charge in [-0.25, -0.2) is 0 Å². The van der Waals surface area contributed by atoms with Gasteiger partial charge in [-0.1, -0.05) is 11.7 Å². The molecule has 11 heavy (non-hydrogen) atoms. The number of aromatic nitrogens is 3. The van der Waals surface area contributed by atoms with E-state index in [4.69, 9.17) is 0 Å². The van der Waals surface area contributed by atoms with Gasteiger partial charge in [0.15, 0.2) is 6.20 Å². The predicted molar refractivity (Wildman–Crippen MR) is 37.0 cm³/mol. The molecule has 0 unspecified atom stereocenters. The van der Waals surface area contributed by atoms with Gasteiger partial charge in [0, 0.05) is 0 Å². The Morgan fingerprint density at radius 3 is 3.00 bits per heavy atom. The maximum absolute atomic E-state index is 10.1. The highest BCUT2D eigenvalue weighted by molar-refractivity contribution is 5.07. The Morgan fingerprint density at radius 2 is 2.55 bits per heavy atom. The molecule has 0 aliphatic rings. The minimum absolute atomic E-state index is 0.196. The van der Waals surface area contributed by atoms with Crippen LogP contribution in [0.1, 0.15) is 13.3 Å². The van der Waals surface area contributed by atoms with E-state index in [1.807, 2.05) is 6.92 Å². The third-order valence-electron chi connectivity index (χ3n) is 1.14. The van der Waals surface area contributed by atoms with Crippen molar-refractivity contribution in [2.45, 2.75) is 19.9 Å². The van der Waals surface area contributed by atoms with Gasteiger partial charge in [0.05, 0.1) is 11.6 Å². The van der Waals surface area contributed by atoms with Crippen molar-refractivity contribution in [1.29, 1.82) is 0 Å². The topological polar surface area (TPSA) is 73.8 Å². The summed E-state index contributed by atoms with van der Waals surface area (Å²) >= 11 is 0. The number of hydrogen-bond donors (Lipinski definition) is 0. The highest BCUT2D eigenvalue weighted by Gasteiger charge is 2.10. The quantitative estimate of drug-likeness (QED) is 0.474. The number of nitro groups is 1. The summed E-state index contributed by atoms with van der Waals surface area (Å²) in [5.41, 5.74) is 0. The SMILES string of the molecule is CCCn1ncc([N+](=O)[O-])n1. The predicted octanol–water partition coefficient (Wildman–Crippen LogP) is 0.596. The summed E-state index contributed by atoms with van der Waals surface area (Å²) in [6.45, 7) is 2.57. The Labute approximate surface area is 63.0 Å². The van der Waals surface area contributed by atoms with E-state index in [0.29, 0.717) is 6.54 Å². The Bertz CT molecular complexity index is 257. The van der Waals surface area contributed by atoms with Gasteiger partial charge in [-0.3, -0.25) is 0 Å². The fraction of sp³-hybridized carbons (Fsp3) is 0.600. The molecule has 0 aromatic carbocycles. The normalized spacial score (nSPS) is 9.91. The molecular formula is C5H8N4O2. The summed E-state index contributed by atoms with van der Waals surface area (Å²) in [6.07, 6.45) is 2.02. The molecule has 1 aromatic rings. The second-order valence-corrected chi connectivity index (χ2v) is 2.06. The van der Waals surface area contributed by atoms with E-state index in [1.165, 1.54) is 4.80 Å². The molecule has 0 N–H and O–H groups in total. The Morgan fingerprint density at radius 1 is 1.82 bits per heavy atom. The van der Waals surface area contributed by atoms with E-state index in [1.54, 1.807) is 0 Å². The molecule has 6 heteroatoms. The van der Waals surface area contributed by atoms with E-state index in [0.717, 1.165) is 12.6 Å². The fourth-order valence-corrected chi connectivity index (χ4v) is 0.680. The van der Waals surface area contributed by atoms with Crippen LogP contribution in [-0.2, 0) is 6.54 Å². The average molecular weight is 156 g/mol. The lowest BCUT2D eigenvalue weighted by Gasteiger charge is -1.85. The first kappa shape index (κ1) is 7.64. The number of aryl methyl sites for hydroxylation is 1. The Kier molecular flexibility index (Phi) is 2.15. The van der Waals surface area contributed by atoms with Crippen molar-refractivity contribution in [2.24, 2.45) is 0 Å². The molecule has 0 radical (unpaired) electrons. The van der Waals surface area contributed by atoms with Crippen LogP contribution in [0.3, 0.4) is 0 Å².